The molecule has 0 fully saturated rings. The molecule has 2 rings (SSSR count). The summed E-state index contributed by atoms with van der Waals surface area (Å²) in [5.74, 6) is -13.2. The number of carboxylic acid groups (broad SMARTS) is 1. The molecule has 0 heterocycles. The second-order valence-electron chi connectivity index (χ2n) is 6.48. The molecule has 2 aromatic carbocycles. The largest absolute Gasteiger partial charge is 0.507 e. The maximum atomic E-state index is 14.3. The Morgan fingerprint density at radius 1 is 0.750 bits per heavy atom. The molecule has 0 atom stereocenters. The van der Waals surface area contributed by atoms with Crippen molar-refractivity contribution in [2.24, 2.45) is 0 Å². The first-order valence-electron chi connectivity index (χ1n) is 7.98. The van der Waals surface area contributed by atoms with E-state index in [1.54, 1.807) is 25.9 Å². The molecule has 0 amide bonds. The minimum atomic E-state index is -2.34. The summed E-state index contributed by atoms with van der Waals surface area (Å²) in [6, 6.07) is 0. The Morgan fingerprint density at radius 3 is 1.64 bits per heavy atom. The standard InChI is InChI=1S/C19H17F4NO4/c1-6-7(2)16(24(4)5)8(3)17(25)9(6)18(26)10-11(19(27)28)13(21)15(23)14(22)12(10)20/h25H,1-5H3,(H,27,28). The van der Waals surface area contributed by atoms with E-state index in [4.69, 9.17) is 5.11 Å². The van der Waals surface area contributed by atoms with Gasteiger partial charge in [0.2, 0.25) is 5.78 Å². The predicted octanol–water partition coefficient (Wildman–Crippen LogP) is 3.87. The Labute approximate surface area is 157 Å². The zero-order chi connectivity index (χ0) is 21.7. The predicted molar refractivity (Wildman–Crippen MR) is 93.3 cm³/mol. The molecule has 150 valence electrons. The molecule has 5 nitrogen and oxygen atoms in total. The van der Waals surface area contributed by atoms with Crippen LogP contribution >= 0.6 is 0 Å². The zero-order valence-electron chi connectivity index (χ0n) is 15.7. The summed E-state index contributed by atoms with van der Waals surface area (Å²) < 4.78 is 55.5. The van der Waals surface area contributed by atoms with Gasteiger partial charge >= 0.3 is 5.97 Å². The van der Waals surface area contributed by atoms with Gasteiger partial charge in [-0.25, -0.2) is 22.4 Å². The van der Waals surface area contributed by atoms with Crippen LogP contribution in [0, 0.1) is 44.0 Å². The number of phenolic OH excluding ortho intramolecular Hbond substituents is 1. The number of phenols is 1. The number of hydrogen-bond acceptors (Lipinski definition) is 4. The van der Waals surface area contributed by atoms with Gasteiger partial charge in [0.25, 0.3) is 0 Å². The van der Waals surface area contributed by atoms with Gasteiger partial charge in [0.05, 0.1) is 11.1 Å². The minimum Gasteiger partial charge on any atom is -0.507 e. The van der Waals surface area contributed by atoms with E-state index < -0.39 is 57.5 Å². The van der Waals surface area contributed by atoms with Crippen molar-refractivity contribution in [1.29, 1.82) is 0 Å². The number of aromatic hydroxyl groups is 1. The van der Waals surface area contributed by atoms with E-state index in [1.807, 2.05) is 0 Å². The van der Waals surface area contributed by atoms with Crippen LogP contribution in [-0.4, -0.2) is 36.1 Å². The Balaban J connectivity index is 2.96. The van der Waals surface area contributed by atoms with E-state index in [2.05, 4.69) is 0 Å². The molecule has 2 N–H and O–H groups in total. The molecule has 0 aliphatic rings. The van der Waals surface area contributed by atoms with Crippen molar-refractivity contribution < 1.29 is 37.4 Å². The molecule has 0 unspecified atom stereocenters. The molecule has 0 radical (unpaired) electrons. The van der Waals surface area contributed by atoms with E-state index in [-0.39, 0.29) is 11.1 Å². The fourth-order valence-corrected chi connectivity index (χ4v) is 3.24. The maximum Gasteiger partial charge on any atom is 0.339 e. The molecule has 0 aliphatic heterocycles. The number of anilines is 1. The number of carboxylic acids is 1. The monoisotopic (exact) mass is 399 g/mol. The highest BCUT2D eigenvalue weighted by atomic mass is 19.2. The summed E-state index contributed by atoms with van der Waals surface area (Å²) in [6.45, 7) is 4.48. The van der Waals surface area contributed by atoms with Crippen molar-refractivity contribution in [3.05, 3.63) is 56.6 Å². The first-order chi connectivity index (χ1) is 12.8. The number of halogens is 4. The quantitative estimate of drug-likeness (QED) is 0.353. The summed E-state index contributed by atoms with van der Waals surface area (Å²) in [4.78, 5) is 25.9. The lowest BCUT2D eigenvalue weighted by atomic mass is 9.88. The van der Waals surface area contributed by atoms with E-state index in [0.717, 1.165) is 0 Å². The SMILES string of the molecule is Cc1c(C)c(N(C)C)c(C)c(O)c1C(=O)c1c(F)c(F)c(F)c(F)c1C(=O)O. The van der Waals surface area contributed by atoms with Crippen LogP contribution in [0.5, 0.6) is 5.75 Å². The summed E-state index contributed by atoms with van der Waals surface area (Å²) in [7, 11) is 3.37. The van der Waals surface area contributed by atoms with Crippen LogP contribution in [0.25, 0.3) is 0 Å². The van der Waals surface area contributed by atoms with Crippen LogP contribution in [0.4, 0.5) is 23.2 Å². The van der Waals surface area contributed by atoms with Gasteiger partial charge in [0.15, 0.2) is 23.3 Å². The van der Waals surface area contributed by atoms with Gasteiger partial charge in [-0.1, -0.05) is 0 Å². The molecule has 0 spiro atoms. The van der Waals surface area contributed by atoms with Crippen molar-refractivity contribution >= 4 is 17.4 Å². The molecule has 2 aromatic rings. The second kappa shape index (κ2) is 7.14. The Morgan fingerprint density at radius 2 is 1.21 bits per heavy atom. The molecule has 9 heteroatoms. The number of hydrogen-bond donors (Lipinski definition) is 2. The molecular weight excluding hydrogens is 382 g/mol. The lowest BCUT2D eigenvalue weighted by Crippen LogP contribution is -2.20. The van der Waals surface area contributed by atoms with Gasteiger partial charge < -0.3 is 15.1 Å². The highest BCUT2D eigenvalue weighted by Crippen LogP contribution is 2.39. The first-order valence-corrected chi connectivity index (χ1v) is 7.98. The maximum absolute atomic E-state index is 14.3. The molecule has 0 saturated heterocycles. The second-order valence-corrected chi connectivity index (χ2v) is 6.48. The lowest BCUT2D eigenvalue weighted by molar-refractivity contribution is 0.0684. The average molecular weight is 399 g/mol. The van der Waals surface area contributed by atoms with E-state index in [0.29, 0.717) is 11.3 Å². The van der Waals surface area contributed by atoms with Crippen molar-refractivity contribution in [1.82, 2.24) is 0 Å². The smallest absolute Gasteiger partial charge is 0.339 e. The number of rotatable bonds is 4. The normalized spacial score (nSPS) is 10.9. The van der Waals surface area contributed by atoms with Crippen LogP contribution in [0.2, 0.25) is 0 Å². The van der Waals surface area contributed by atoms with Gasteiger partial charge in [0.1, 0.15) is 11.3 Å². The van der Waals surface area contributed by atoms with E-state index in [9.17, 15) is 32.3 Å². The van der Waals surface area contributed by atoms with Gasteiger partial charge in [-0.15, -0.1) is 0 Å². The summed E-state index contributed by atoms with van der Waals surface area (Å²) >= 11 is 0. The van der Waals surface area contributed by atoms with Crippen LogP contribution < -0.4 is 4.90 Å². The minimum absolute atomic E-state index is 0.151. The van der Waals surface area contributed by atoms with Crippen LogP contribution in [0.1, 0.15) is 43.0 Å². The number of ketones is 1. The highest BCUT2D eigenvalue weighted by Gasteiger charge is 2.35. The highest BCUT2D eigenvalue weighted by molar-refractivity contribution is 6.17. The fraction of sp³-hybridized carbons (Fsp3) is 0.263. The third-order valence-electron chi connectivity index (χ3n) is 4.62. The fourth-order valence-electron chi connectivity index (χ4n) is 3.24. The molecule has 0 saturated carbocycles. The summed E-state index contributed by atoms with van der Waals surface area (Å²) in [5.41, 5.74) is -2.24. The van der Waals surface area contributed by atoms with Gasteiger partial charge in [-0.3, -0.25) is 4.79 Å². The summed E-state index contributed by atoms with van der Waals surface area (Å²) in [6.07, 6.45) is 0. The number of nitrogens with zero attached hydrogens (tertiary/aromatic N) is 1. The van der Waals surface area contributed by atoms with Crippen LogP contribution in [0.3, 0.4) is 0 Å². The van der Waals surface area contributed by atoms with E-state index in [1.165, 1.54) is 13.8 Å². The number of carbonyl (C=O) groups is 2. The molecule has 28 heavy (non-hydrogen) atoms. The van der Waals surface area contributed by atoms with Gasteiger partial charge in [-0.05, 0) is 31.9 Å². The molecule has 0 aromatic heterocycles. The molecule has 0 bridgehead atoms. The summed E-state index contributed by atoms with van der Waals surface area (Å²) in [5, 5.41) is 19.6. The molecular formula is C19H17F4NO4. The number of carbonyl (C=O) groups excluding carboxylic acids is 1. The van der Waals surface area contributed by atoms with Crippen molar-refractivity contribution in [3.8, 4) is 5.75 Å². The van der Waals surface area contributed by atoms with E-state index >= 15 is 0 Å². The van der Waals surface area contributed by atoms with Gasteiger partial charge in [0, 0.05) is 25.3 Å². The van der Waals surface area contributed by atoms with Crippen LogP contribution in [-0.2, 0) is 0 Å². The molecule has 0 aliphatic carbocycles. The number of benzene rings is 2. The van der Waals surface area contributed by atoms with Crippen molar-refractivity contribution in [2.45, 2.75) is 20.8 Å². The Bertz CT molecular complexity index is 1000. The first kappa shape index (κ1) is 21.2. The average Bonchev–Trinajstić information content (AvgIpc) is 2.60. The van der Waals surface area contributed by atoms with Crippen molar-refractivity contribution in [3.63, 3.8) is 0 Å². The Hall–Kier alpha value is -3.10. The lowest BCUT2D eigenvalue weighted by Gasteiger charge is -2.24. The number of aromatic carboxylic acids is 1. The van der Waals surface area contributed by atoms with Gasteiger partial charge in [-0.2, -0.15) is 0 Å². The van der Waals surface area contributed by atoms with Crippen LogP contribution in [0.15, 0.2) is 0 Å². The van der Waals surface area contributed by atoms with Crippen molar-refractivity contribution in [2.75, 3.05) is 19.0 Å². The third-order valence-corrected chi connectivity index (χ3v) is 4.62. The topological polar surface area (TPSA) is 77.8 Å². The zero-order valence-corrected chi connectivity index (χ0v) is 15.7. The Kier molecular flexibility index (Phi) is 5.41. The third kappa shape index (κ3) is 2.96.